The number of nitrogens with zero attached hydrogens (tertiary/aromatic N) is 3. The summed E-state index contributed by atoms with van der Waals surface area (Å²) < 4.78 is 5.71. The zero-order valence-electron chi connectivity index (χ0n) is 12.0. The van der Waals surface area contributed by atoms with Crippen LogP contribution in [0.3, 0.4) is 0 Å². The van der Waals surface area contributed by atoms with Crippen molar-refractivity contribution in [3.63, 3.8) is 0 Å². The van der Waals surface area contributed by atoms with Crippen LogP contribution in [0.2, 0.25) is 0 Å². The van der Waals surface area contributed by atoms with E-state index in [1.165, 1.54) is 0 Å². The number of nitrogens with one attached hydrogen (secondary N) is 1. The minimum absolute atomic E-state index is 0.324. The number of hydrogen-bond acceptors (Lipinski definition) is 6. The smallest absolute Gasteiger partial charge is 0.252 e. The molecule has 3 N–H and O–H groups in total. The fraction of sp³-hybridized carbons (Fsp3) is 0.267. The molecular weight excluding hydrogens is 282 g/mol. The highest BCUT2D eigenvalue weighted by atomic mass is 16.5. The Hall–Kier alpha value is -2.67. The lowest BCUT2D eigenvalue weighted by molar-refractivity contribution is 0.0998. The van der Waals surface area contributed by atoms with Gasteiger partial charge in [0.2, 0.25) is 11.8 Å². The van der Waals surface area contributed by atoms with E-state index in [9.17, 15) is 4.79 Å². The molecule has 0 aliphatic carbocycles. The Bertz CT molecular complexity index is 670. The van der Waals surface area contributed by atoms with Crippen molar-refractivity contribution in [2.24, 2.45) is 5.73 Å². The summed E-state index contributed by atoms with van der Waals surface area (Å²) in [5.74, 6) is 0.861. The monoisotopic (exact) mass is 299 g/mol. The molecule has 0 atom stereocenters. The van der Waals surface area contributed by atoms with Crippen LogP contribution in [-0.4, -0.2) is 42.1 Å². The maximum atomic E-state index is 11.4. The maximum absolute atomic E-state index is 11.4. The molecule has 1 saturated heterocycles. The van der Waals surface area contributed by atoms with Crippen LogP contribution in [0.1, 0.15) is 10.4 Å². The molecule has 1 aliphatic rings. The van der Waals surface area contributed by atoms with Crippen molar-refractivity contribution >= 4 is 11.9 Å². The first kappa shape index (κ1) is 14.3. The van der Waals surface area contributed by atoms with Gasteiger partial charge in [-0.3, -0.25) is 4.79 Å². The number of nitrogens with two attached hydrogens (primary N) is 1. The molecule has 1 aromatic heterocycles. The van der Waals surface area contributed by atoms with Crippen molar-refractivity contribution in [2.75, 3.05) is 31.1 Å². The Kier molecular flexibility index (Phi) is 4.15. The fourth-order valence-corrected chi connectivity index (χ4v) is 2.28. The van der Waals surface area contributed by atoms with Gasteiger partial charge in [0, 0.05) is 38.4 Å². The second-order valence-corrected chi connectivity index (χ2v) is 4.89. The van der Waals surface area contributed by atoms with E-state index in [1.807, 2.05) is 0 Å². The molecule has 0 saturated carbocycles. The normalized spacial score (nSPS) is 14.6. The maximum Gasteiger partial charge on any atom is 0.252 e. The summed E-state index contributed by atoms with van der Waals surface area (Å²) in [5, 5.41) is 3.28. The van der Waals surface area contributed by atoms with Crippen LogP contribution in [0.4, 0.5) is 5.95 Å². The molecular formula is C15H17N5O2. The zero-order chi connectivity index (χ0) is 15.4. The van der Waals surface area contributed by atoms with Gasteiger partial charge in [-0.15, -0.1) is 0 Å². The molecule has 1 fully saturated rings. The summed E-state index contributed by atoms with van der Waals surface area (Å²) in [5.41, 5.74) is 5.67. The van der Waals surface area contributed by atoms with Crippen LogP contribution in [-0.2, 0) is 0 Å². The van der Waals surface area contributed by atoms with Crippen molar-refractivity contribution in [3.05, 3.63) is 42.1 Å². The molecule has 1 amide bonds. The lowest BCUT2D eigenvalue weighted by Crippen LogP contribution is -2.44. The van der Waals surface area contributed by atoms with Crippen LogP contribution < -0.4 is 20.7 Å². The molecule has 1 aromatic carbocycles. The topological polar surface area (TPSA) is 93.4 Å². The fourth-order valence-electron chi connectivity index (χ4n) is 2.28. The SMILES string of the molecule is NC(=O)c1ccccc1Oc1ccnc(N2CCNCC2)n1. The first-order valence-electron chi connectivity index (χ1n) is 7.09. The number of piperazine rings is 1. The molecule has 114 valence electrons. The van der Waals surface area contributed by atoms with Gasteiger partial charge in [0.1, 0.15) is 5.75 Å². The van der Waals surface area contributed by atoms with E-state index in [0.717, 1.165) is 26.2 Å². The van der Waals surface area contributed by atoms with Crippen molar-refractivity contribution in [1.29, 1.82) is 0 Å². The van der Waals surface area contributed by atoms with Gasteiger partial charge in [-0.25, -0.2) is 4.98 Å². The average molecular weight is 299 g/mol. The number of amides is 1. The van der Waals surface area contributed by atoms with Gasteiger partial charge in [0.25, 0.3) is 5.91 Å². The minimum atomic E-state index is -0.535. The summed E-state index contributed by atoms with van der Waals surface area (Å²) >= 11 is 0. The lowest BCUT2D eigenvalue weighted by atomic mass is 10.2. The number of aromatic nitrogens is 2. The number of benzene rings is 1. The van der Waals surface area contributed by atoms with Gasteiger partial charge in [-0.2, -0.15) is 4.98 Å². The Morgan fingerprint density at radius 2 is 2.00 bits per heavy atom. The highest BCUT2D eigenvalue weighted by Gasteiger charge is 2.15. The minimum Gasteiger partial charge on any atom is -0.438 e. The highest BCUT2D eigenvalue weighted by molar-refractivity contribution is 5.95. The molecule has 1 aliphatic heterocycles. The molecule has 2 heterocycles. The number of carbonyl (C=O) groups is 1. The van der Waals surface area contributed by atoms with E-state index in [4.69, 9.17) is 10.5 Å². The number of anilines is 1. The van der Waals surface area contributed by atoms with Gasteiger partial charge >= 0.3 is 0 Å². The van der Waals surface area contributed by atoms with Crippen LogP contribution in [0, 0.1) is 0 Å². The van der Waals surface area contributed by atoms with Crippen molar-refractivity contribution in [3.8, 4) is 11.6 Å². The molecule has 7 heteroatoms. The van der Waals surface area contributed by atoms with E-state index >= 15 is 0 Å². The molecule has 22 heavy (non-hydrogen) atoms. The Balaban J connectivity index is 1.82. The van der Waals surface area contributed by atoms with Crippen molar-refractivity contribution < 1.29 is 9.53 Å². The third kappa shape index (κ3) is 3.15. The summed E-state index contributed by atoms with van der Waals surface area (Å²) in [6.45, 7) is 3.50. The summed E-state index contributed by atoms with van der Waals surface area (Å²) in [6.07, 6.45) is 1.65. The van der Waals surface area contributed by atoms with Crippen LogP contribution >= 0.6 is 0 Å². The van der Waals surface area contributed by atoms with E-state index in [0.29, 0.717) is 23.1 Å². The number of primary amides is 1. The molecule has 0 unspecified atom stereocenters. The van der Waals surface area contributed by atoms with E-state index < -0.39 is 5.91 Å². The number of ether oxygens (including phenoxy) is 1. The van der Waals surface area contributed by atoms with Gasteiger partial charge in [-0.1, -0.05) is 12.1 Å². The quantitative estimate of drug-likeness (QED) is 0.866. The van der Waals surface area contributed by atoms with Crippen LogP contribution in [0.15, 0.2) is 36.5 Å². The molecule has 2 aromatic rings. The van der Waals surface area contributed by atoms with Gasteiger partial charge in [0.05, 0.1) is 5.56 Å². The largest absolute Gasteiger partial charge is 0.438 e. The second kappa shape index (κ2) is 6.40. The number of hydrogen-bond donors (Lipinski definition) is 2. The number of carbonyl (C=O) groups excluding carboxylic acids is 1. The second-order valence-electron chi connectivity index (χ2n) is 4.89. The predicted molar refractivity (Wildman–Crippen MR) is 82.1 cm³/mol. The van der Waals surface area contributed by atoms with Crippen LogP contribution in [0.5, 0.6) is 11.6 Å². The van der Waals surface area contributed by atoms with E-state index in [2.05, 4.69) is 20.2 Å². The average Bonchev–Trinajstić information content (AvgIpc) is 2.56. The van der Waals surface area contributed by atoms with Crippen molar-refractivity contribution in [2.45, 2.75) is 0 Å². The number of para-hydroxylation sites is 1. The third-order valence-electron chi connectivity index (χ3n) is 3.38. The molecule has 0 radical (unpaired) electrons. The first-order valence-corrected chi connectivity index (χ1v) is 7.09. The summed E-state index contributed by atoms with van der Waals surface area (Å²) in [7, 11) is 0. The first-order chi connectivity index (χ1) is 10.7. The predicted octanol–water partition coefficient (Wildman–Crippen LogP) is 0.777. The zero-order valence-corrected chi connectivity index (χ0v) is 12.0. The van der Waals surface area contributed by atoms with Crippen molar-refractivity contribution in [1.82, 2.24) is 15.3 Å². The third-order valence-corrected chi connectivity index (χ3v) is 3.38. The molecule has 7 nitrogen and oxygen atoms in total. The van der Waals surface area contributed by atoms with Gasteiger partial charge in [-0.05, 0) is 12.1 Å². The summed E-state index contributed by atoms with van der Waals surface area (Å²) in [6, 6.07) is 8.48. The standard InChI is InChI=1S/C15H17N5O2/c16-14(21)11-3-1-2-4-12(11)22-13-5-6-18-15(19-13)20-9-7-17-8-10-20/h1-6,17H,7-10H2,(H2,16,21). The van der Waals surface area contributed by atoms with Crippen LogP contribution in [0.25, 0.3) is 0 Å². The van der Waals surface area contributed by atoms with Gasteiger partial charge in [0.15, 0.2) is 0 Å². The lowest BCUT2D eigenvalue weighted by Gasteiger charge is -2.27. The van der Waals surface area contributed by atoms with Gasteiger partial charge < -0.3 is 20.7 Å². The molecule has 3 rings (SSSR count). The van der Waals surface area contributed by atoms with E-state index in [1.54, 1.807) is 36.5 Å². The Labute approximate surface area is 128 Å². The Morgan fingerprint density at radius 1 is 1.23 bits per heavy atom. The summed E-state index contributed by atoms with van der Waals surface area (Å²) in [4.78, 5) is 22.2. The Morgan fingerprint density at radius 3 is 2.77 bits per heavy atom. The molecule has 0 bridgehead atoms. The van der Waals surface area contributed by atoms with E-state index in [-0.39, 0.29) is 0 Å². The molecule has 0 spiro atoms. The number of rotatable bonds is 4. The highest BCUT2D eigenvalue weighted by Crippen LogP contribution is 2.24.